The number of nitrogens with one attached hydrogen (secondary N) is 1. The second-order valence-electron chi connectivity index (χ2n) is 15.3. The Hall–Kier alpha value is -3.10. The SMILES string of the molecule is [C-]#[N+]c1ccc(OC2C(C)(C)C(N3Cc4nc(C#CC5CCC(N6CCC7(CC6)CNC7)CC5)ccc4C3=O)C2(C)C)cc1Cl. The van der Waals surface area contributed by atoms with E-state index < -0.39 is 0 Å². The lowest BCUT2D eigenvalue weighted by atomic mass is 9.49. The van der Waals surface area contributed by atoms with Gasteiger partial charge >= 0.3 is 0 Å². The van der Waals surface area contributed by atoms with Crippen LogP contribution in [-0.2, 0) is 6.54 Å². The molecule has 3 aliphatic heterocycles. The van der Waals surface area contributed by atoms with Gasteiger partial charge in [-0.15, -0.1) is 0 Å². The molecule has 7 nitrogen and oxygen atoms in total. The fourth-order valence-corrected chi connectivity index (χ4v) is 9.66. The molecule has 2 saturated carbocycles. The summed E-state index contributed by atoms with van der Waals surface area (Å²) in [7, 11) is 0. The molecule has 1 aromatic carbocycles. The van der Waals surface area contributed by atoms with Gasteiger partial charge in [0.05, 0.1) is 29.4 Å². The van der Waals surface area contributed by atoms with Crippen LogP contribution in [0, 0.1) is 40.6 Å². The summed E-state index contributed by atoms with van der Waals surface area (Å²) in [5.41, 5.74) is 2.65. The number of nitrogens with zero attached hydrogens (tertiary/aromatic N) is 4. The van der Waals surface area contributed by atoms with Crippen molar-refractivity contribution in [1.82, 2.24) is 20.1 Å². The molecule has 4 fully saturated rings. The summed E-state index contributed by atoms with van der Waals surface area (Å²) in [4.78, 5) is 26.7. The van der Waals surface area contributed by atoms with E-state index >= 15 is 0 Å². The number of halogens is 1. The molecule has 236 valence electrons. The Balaban J connectivity index is 0.973. The Labute approximate surface area is 272 Å². The van der Waals surface area contributed by atoms with E-state index in [4.69, 9.17) is 27.9 Å². The molecule has 1 amide bonds. The smallest absolute Gasteiger partial charge is 0.256 e. The topological polar surface area (TPSA) is 62.1 Å². The molecule has 2 aromatic rings. The van der Waals surface area contributed by atoms with Crippen LogP contribution in [0.15, 0.2) is 30.3 Å². The molecular formula is C37H44ClN5O2. The lowest BCUT2D eigenvalue weighted by Gasteiger charge is -2.65. The molecule has 0 atom stereocenters. The van der Waals surface area contributed by atoms with Crippen LogP contribution in [0.25, 0.3) is 4.85 Å². The van der Waals surface area contributed by atoms with Gasteiger partial charge < -0.3 is 19.9 Å². The van der Waals surface area contributed by atoms with Crippen molar-refractivity contribution < 1.29 is 9.53 Å². The molecule has 2 saturated heterocycles. The predicted molar refractivity (Wildman–Crippen MR) is 176 cm³/mol. The van der Waals surface area contributed by atoms with Gasteiger partial charge in [0, 0.05) is 41.9 Å². The van der Waals surface area contributed by atoms with Crippen LogP contribution in [0.1, 0.15) is 88.0 Å². The third kappa shape index (κ3) is 5.32. The van der Waals surface area contributed by atoms with E-state index in [2.05, 4.69) is 54.6 Å². The Morgan fingerprint density at radius 2 is 1.76 bits per heavy atom. The third-order valence-electron chi connectivity index (χ3n) is 11.6. The maximum absolute atomic E-state index is 13.7. The molecule has 5 aliphatic rings. The van der Waals surface area contributed by atoms with E-state index in [0.29, 0.717) is 39.9 Å². The van der Waals surface area contributed by atoms with E-state index in [-0.39, 0.29) is 28.9 Å². The van der Waals surface area contributed by atoms with Crippen molar-refractivity contribution in [2.45, 2.75) is 91.0 Å². The van der Waals surface area contributed by atoms with Gasteiger partial charge in [-0.3, -0.25) is 4.79 Å². The molecule has 45 heavy (non-hydrogen) atoms. The lowest BCUT2D eigenvalue weighted by Crippen LogP contribution is -2.74. The van der Waals surface area contributed by atoms with Gasteiger partial charge in [0.1, 0.15) is 17.5 Å². The highest BCUT2D eigenvalue weighted by Gasteiger charge is 2.67. The standard InChI is InChI=1S/C37H44ClN5O2/c1-35(2)33(36(3,4)34(35)45-27-13-15-30(39-5)29(38)20-27)43-21-31-28(32(43)44)14-10-25(41-31)9-6-24-7-11-26(12-8-24)42-18-16-37(17-19-42)22-40-23-37/h10,13-15,20,24,26,33-34,40H,7-8,11-12,16-19,21-23H2,1-4H3. The summed E-state index contributed by atoms with van der Waals surface area (Å²) in [5, 5.41) is 3.86. The number of hydrogen-bond acceptors (Lipinski definition) is 5. The number of amides is 1. The van der Waals surface area contributed by atoms with Crippen LogP contribution in [0.4, 0.5) is 5.69 Å². The van der Waals surface area contributed by atoms with E-state index in [9.17, 15) is 4.79 Å². The van der Waals surface area contributed by atoms with Crippen molar-refractivity contribution in [3.05, 3.63) is 63.7 Å². The summed E-state index contributed by atoms with van der Waals surface area (Å²) in [6.45, 7) is 21.3. The Bertz CT molecular complexity index is 1580. The molecule has 8 heteroatoms. The highest BCUT2D eigenvalue weighted by atomic mass is 35.5. The number of rotatable bonds is 4. The molecule has 7 rings (SSSR count). The van der Waals surface area contributed by atoms with E-state index in [1.807, 2.05) is 17.0 Å². The van der Waals surface area contributed by atoms with Gasteiger partial charge in [-0.2, -0.15) is 0 Å². The maximum Gasteiger partial charge on any atom is 0.256 e. The number of likely N-dealkylation sites (tertiary alicyclic amines) is 1. The first kappa shape index (κ1) is 30.5. The van der Waals surface area contributed by atoms with E-state index in [1.54, 1.807) is 18.2 Å². The minimum Gasteiger partial charge on any atom is -0.489 e. The zero-order chi connectivity index (χ0) is 31.6. The summed E-state index contributed by atoms with van der Waals surface area (Å²) >= 11 is 6.28. The number of hydrogen-bond donors (Lipinski definition) is 1. The number of aromatic nitrogens is 1. The van der Waals surface area contributed by atoms with Gasteiger partial charge in [-0.25, -0.2) is 9.83 Å². The fraction of sp³-hybridized carbons (Fsp3) is 0.595. The van der Waals surface area contributed by atoms with Gasteiger partial charge in [0.15, 0.2) is 0 Å². The number of benzene rings is 1. The van der Waals surface area contributed by atoms with Crippen molar-refractivity contribution in [2.24, 2.45) is 22.2 Å². The third-order valence-corrected chi connectivity index (χ3v) is 11.9. The molecular weight excluding hydrogens is 582 g/mol. The number of ether oxygens (including phenoxy) is 1. The number of fused-ring (bicyclic) bond motifs is 1. The fourth-order valence-electron chi connectivity index (χ4n) is 9.44. The molecule has 4 heterocycles. The first-order chi connectivity index (χ1) is 21.5. The molecule has 0 bridgehead atoms. The maximum atomic E-state index is 13.7. The molecule has 2 aliphatic carbocycles. The minimum absolute atomic E-state index is 0.0293. The first-order valence-corrected chi connectivity index (χ1v) is 17.0. The van der Waals surface area contributed by atoms with Gasteiger partial charge in [-0.1, -0.05) is 51.3 Å². The largest absolute Gasteiger partial charge is 0.489 e. The quantitative estimate of drug-likeness (QED) is 0.302. The summed E-state index contributed by atoms with van der Waals surface area (Å²) in [6.07, 6.45) is 7.35. The molecule has 1 spiro atoms. The normalized spacial score (nSPS) is 29.5. The van der Waals surface area contributed by atoms with Crippen LogP contribution < -0.4 is 10.1 Å². The Morgan fingerprint density at radius 1 is 1.04 bits per heavy atom. The second-order valence-corrected chi connectivity index (χ2v) is 15.7. The minimum atomic E-state index is -0.308. The zero-order valence-electron chi connectivity index (χ0n) is 27.0. The molecule has 1 N–H and O–H groups in total. The number of carbonyl (C=O) groups is 1. The number of carbonyl (C=O) groups excluding carboxylic acids is 1. The zero-order valence-corrected chi connectivity index (χ0v) is 27.7. The average Bonchev–Trinajstić information content (AvgIpc) is 3.32. The van der Waals surface area contributed by atoms with E-state index in [1.165, 1.54) is 51.9 Å². The molecule has 1 aromatic heterocycles. The van der Waals surface area contributed by atoms with Crippen LogP contribution in [0.2, 0.25) is 5.02 Å². The van der Waals surface area contributed by atoms with Crippen LogP contribution >= 0.6 is 11.6 Å². The summed E-state index contributed by atoms with van der Waals surface area (Å²) < 4.78 is 6.46. The van der Waals surface area contributed by atoms with E-state index in [0.717, 1.165) is 30.3 Å². The van der Waals surface area contributed by atoms with Crippen LogP contribution in [0.3, 0.4) is 0 Å². The highest BCUT2D eigenvalue weighted by molar-refractivity contribution is 6.33. The van der Waals surface area contributed by atoms with Crippen molar-refractivity contribution in [3.63, 3.8) is 0 Å². The highest BCUT2D eigenvalue weighted by Crippen LogP contribution is 2.59. The number of pyridine rings is 1. The van der Waals surface area contributed by atoms with Gasteiger partial charge in [0.2, 0.25) is 5.69 Å². The van der Waals surface area contributed by atoms with Crippen molar-refractivity contribution in [2.75, 3.05) is 26.2 Å². The average molecular weight is 626 g/mol. The summed E-state index contributed by atoms with van der Waals surface area (Å²) in [5.74, 6) is 7.99. The Kier molecular flexibility index (Phi) is 7.67. The van der Waals surface area contributed by atoms with Crippen LogP contribution in [0.5, 0.6) is 5.75 Å². The van der Waals surface area contributed by atoms with Crippen molar-refractivity contribution >= 4 is 23.2 Å². The van der Waals surface area contributed by atoms with Gasteiger partial charge in [0.25, 0.3) is 5.91 Å². The monoisotopic (exact) mass is 625 g/mol. The van der Waals surface area contributed by atoms with Crippen molar-refractivity contribution in [3.8, 4) is 17.6 Å². The van der Waals surface area contributed by atoms with Crippen LogP contribution in [-0.4, -0.2) is 65.1 Å². The second kappa shape index (κ2) is 11.3. The summed E-state index contributed by atoms with van der Waals surface area (Å²) in [6, 6.07) is 9.71. The Morgan fingerprint density at radius 3 is 2.38 bits per heavy atom. The predicted octanol–water partition coefficient (Wildman–Crippen LogP) is 6.72. The van der Waals surface area contributed by atoms with Crippen molar-refractivity contribution in [1.29, 1.82) is 0 Å². The molecule has 0 radical (unpaired) electrons. The lowest BCUT2D eigenvalue weighted by molar-refractivity contribution is -0.199. The van der Waals surface area contributed by atoms with Gasteiger partial charge in [-0.05, 0) is 87.2 Å². The number of piperidine rings is 1. The first-order valence-electron chi connectivity index (χ1n) is 16.6. The molecule has 0 unspecified atom stereocenters.